The molecule has 3 aromatic carbocycles. The standard InChI is InChI=1S/C27H27N3O4/c1-5-34-20-12-10-19(11-13-20)25-18(3)29-30(24-9-7-6-8-17(24)2)26(25)28-23-15-14-21(33-4)16-22(23)27(31)32/h6-16,28H,5H2,1-4H3,(H,31,32). The highest BCUT2D eigenvalue weighted by Crippen LogP contribution is 2.37. The molecule has 4 aromatic rings. The van der Waals surface area contributed by atoms with Gasteiger partial charge < -0.3 is 19.9 Å². The second kappa shape index (κ2) is 9.70. The Bertz CT molecular complexity index is 1330. The molecule has 0 fully saturated rings. The molecule has 0 saturated carbocycles. The fraction of sp³-hybridized carbons (Fsp3) is 0.185. The molecule has 0 aliphatic carbocycles. The van der Waals surface area contributed by atoms with E-state index in [1.54, 1.807) is 12.1 Å². The Morgan fingerprint density at radius 2 is 1.74 bits per heavy atom. The second-order valence-corrected chi connectivity index (χ2v) is 7.81. The quantitative estimate of drug-likeness (QED) is 0.337. The first-order valence-corrected chi connectivity index (χ1v) is 11.0. The van der Waals surface area contributed by atoms with Crippen LogP contribution in [0.1, 0.15) is 28.5 Å². The molecule has 1 heterocycles. The van der Waals surface area contributed by atoms with E-state index in [-0.39, 0.29) is 5.56 Å². The molecule has 0 aliphatic rings. The van der Waals surface area contributed by atoms with Crippen molar-refractivity contribution < 1.29 is 19.4 Å². The van der Waals surface area contributed by atoms with Crippen molar-refractivity contribution in [1.29, 1.82) is 0 Å². The molecule has 0 saturated heterocycles. The van der Waals surface area contributed by atoms with Crippen LogP contribution < -0.4 is 14.8 Å². The molecule has 7 heteroatoms. The average molecular weight is 458 g/mol. The smallest absolute Gasteiger partial charge is 0.337 e. The molecule has 0 radical (unpaired) electrons. The summed E-state index contributed by atoms with van der Waals surface area (Å²) in [5.41, 5.74) is 5.10. The third kappa shape index (κ3) is 4.45. The van der Waals surface area contributed by atoms with Gasteiger partial charge in [0.15, 0.2) is 0 Å². The van der Waals surface area contributed by atoms with Crippen molar-refractivity contribution in [3.8, 4) is 28.3 Å². The number of aromatic nitrogens is 2. The number of nitrogens with one attached hydrogen (secondary N) is 1. The lowest BCUT2D eigenvalue weighted by Crippen LogP contribution is -2.08. The number of nitrogens with zero attached hydrogens (tertiary/aromatic N) is 2. The van der Waals surface area contributed by atoms with E-state index in [2.05, 4.69) is 5.32 Å². The van der Waals surface area contributed by atoms with Crippen LogP contribution in [0.5, 0.6) is 11.5 Å². The van der Waals surface area contributed by atoms with Crippen LogP contribution in [0.3, 0.4) is 0 Å². The van der Waals surface area contributed by atoms with Crippen LogP contribution in [-0.2, 0) is 0 Å². The van der Waals surface area contributed by atoms with Gasteiger partial charge in [0.25, 0.3) is 0 Å². The van der Waals surface area contributed by atoms with Gasteiger partial charge in [-0.25, -0.2) is 9.48 Å². The summed E-state index contributed by atoms with van der Waals surface area (Å²) in [5.74, 6) is 0.873. The number of benzene rings is 3. The van der Waals surface area contributed by atoms with Gasteiger partial charge in [0.1, 0.15) is 17.3 Å². The number of carboxylic acids is 1. The number of aryl methyl sites for hydroxylation is 2. The maximum Gasteiger partial charge on any atom is 0.337 e. The number of carboxylic acid groups (broad SMARTS) is 1. The van der Waals surface area contributed by atoms with Gasteiger partial charge in [-0.3, -0.25) is 0 Å². The van der Waals surface area contributed by atoms with Crippen molar-refractivity contribution in [3.63, 3.8) is 0 Å². The van der Waals surface area contributed by atoms with Crippen molar-refractivity contribution in [2.75, 3.05) is 19.0 Å². The minimum atomic E-state index is -1.05. The second-order valence-electron chi connectivity index (χ2n) is 7.81. The van der Waals surface area contributed by atoms with E-state index in [0.29, 0.717) is 23.9 Å². The topological polar surface area (TPSA) is 85.6 Å². The lowest BCUT2D eigenvalue weighted by molar-refractivity contribution is 0.0697. The molecule has 0 unspecified atom stereocenters. The predicted molar refractivity (Wildman–Crippen MR) is 133 cm³/mol. The number of hydrogen-bond acceptors (Lipinski definition) is 5. The first kappa shape index (κ1) is 22.9. The van der Waals surface area contributed by atoms with Gasteiger partial charge in [-0.1, -0.05) is 30.3 Å². The van der Waals surface area contributed by atoms with E-state index in [9.17, 15) is 9.90 Å². The Balaban J connectivity index is 1.91. The fourth-order valence-electron chi connectivity index (χ4n) is 3.91. The van der Waals surface area contributed by atoms with Crippen LogP contribution in [-0.4, -0.2) is 34.6 Å². The van der Waals surface area contributed by atoms with Gasteiger partial charge in [-0.2, -0.15) is 5.10 Å². The SMILES string of the molecule is CCOc1ccc(-c2c(C)nn(-c3ccccc3C)c2Nc2ccc(OC)cc2C(=O)O)cc1. The summed E-state index contributed by atoms with van der Waals surface area (Å²) in [4.78, 5) is 12.0. The molecular formula is C27H27N3O4. The summed E-state index contributed by atoms with van der Waals surface area (Å²) in [6, 6.07) is 20.7. The van der Waals surface area contributed by atoms with E-state index >= 15 is 0 Å². The number of hydrogen-bond donors (Lipinski definition) is 2. The summed E-state index contributed by atoms with van der Waals surface area (Å²) in [5, 5.41) is 18.0. The molecule has 0 bridgehead atoms. The third-order valence-electron chi connectivity index (χ3n) is 5.57. The highest BCUT2D eigenvalue weighted by atomic mass is 16.5. The molecule has 1 aromatic heterocycles. The Hall–Kier alpha value is -4.26. The zero-order valence-corrected chi connectivity index (χ0v) is 19.6. The van der Waals surface area contributed by atoms with Crippen LogP contribution in [0.2, 0.25) is 0 Å². The molecule has 0 aliphatic heterocycles. The number of ether oxygens (including phenoxy) is 2. The first-order valence-electron chi connectivity index (χ1n) is 11.0. The highest BCUT2D eigenvalue weighted by molar-refractivity contribution is 5.96. The molecule has 0 spiro atoms. The number of methoxy groups -OCH3 is 1. The molecular weight excluding hydrogens is 430 g/mol. The number of rotatable bonds is 8. The average Bonchev–Trinajstić information content (AvgIpc) is 3.15. The highest BCUT2D eigenvalue weighted by Gasteiger charge is 2.22. The molecule has 0 atom stereocenters. The van der Waals surface area contributed by atoms with Gasteiger partial charge in [-0.15, -0.1) is 0 Å². The minimum Gasteiger partial charge on any atom is -0.497 e. The third-order valence-corrected chi connectivity index (χ3v) is 5.57. The van der Waals surface area contributed by atoms with Crippen LogP contribution in [0.4, 0.5) is 11.5 Å². The Morgan fingerprint density at radius 1 is 1.03 bits per heavy atom. The molecule has 2 N–H and O–H groups in total. The predicted octanol–water partition coefficient (Wildman–Crippen LogP) is 6.01. The number of para-hydroxylation sites is 1. The fourth-order valence-corrected chi connectivity index (χ4v) is 3.91. The van der Waals surface area contributed by atoms with Crippen LogP contribution in [0, 0.1) is 13.8 Å². The maximum atomic E-state index is 12.0. The van der Waals surface area contributed by atoms with Crippen molar-refractivity contribution in [2.45, 2.75) is 20.8 Å². The molecule has 174 valence electrons. The molecule has 4 rings (SSSR count). The number of aromatic carboxylic acids is 1. The molecule has 0 amide bonds. The largest absolute Gasteiger partial charge is 0.497 e. The minimum absolute atomic E-state index is 0.104. The Morgan fingerprint density at radius 3 is 2.38 bits per heavy atom. The van der Waals surface area contributed by atoms with Gasteiger partial charge >= 0.3 is 5.97 Å². The van der Waals surface area contributed by atoms with Crippen LogP contribution >= 0.6 is 0 Å². The lowest BCUT2D eigenvalue weighted by Gasteiger charge is -2.16. The van der Waals surface area contributed by atoms with E-state index in [1.807, 2.05) is 74.0 Å². The normalized spacial score (nSPS) is 10.7. The van der Waals surface area contributed by atoms with Crippen molar-refractivity contribution in [2.24, 2.45) is 0 Å². The lowest BCUT2D eigenvalue weighted by atomic mass is 10.0. The summed E-state index contributed by atoms with van der Waals surface area (Å²) < 4.78 is 12.6. The van der Waals surface area contributed by atoms with E-state index < -0.39 is 5.97 Å². The maximum absolute atomic E-state index is 12.0. The summed E-state index contributed by atoms with van der Waals surface area (Å²) in [6.07, 6.45) is 0. The van der Waals surface area contributed by atoms with E-state index in [4.69, 9.17) is 14.6 Å². The van der Waals surface area contributed by atoms with Crippen molar-refractivity contribution in [1.82, 2.24) is 9.78 Å². The van der Waals surface area contributed by atoms with E-state index in [0.717, 1.165) is 33.8 Å². The van der Waals surface area contributed by atoms with Crippen molar-refractivity contribution >= 4 is 17.5 Å². The van der Waals surface area contributed by atoms with Crippen molar-refractivity contribution in [3.05, 3.63) is 83.6 Å². The Kier molecular flexibility index (Phi) is 6.54. The van der Waals surface area contributed by atoms with Crippen LogP contribution in [0.15, 0.2) is 66.7 Å². The monoisotopic (exact) mass is 457 g/mol. The number of anilines is 2. The molecule has 7 nitrogen and oxygen atoms in total. The first-order chi connectivity index (χ1) is 16.4. The summed E-state index contributed by atoms with van der Waals surface area (Å²) >= 11 is 0. The van der Waals surface area contributed by atoms with Gasteiger partial charge in [-0.05, 0) is 68.3 Å². The van der Waals surface area contributed by atoms with Gasteiger partial charge in [0.05, 0.1) is 36.3 Å². The Labute approximate surface area is 198 Å². The molecule has 34 heavy (non-hydrogen) atoms. The van der Waals surface area contributed by atoms with E-state index in [1.165, 1.54) is 13.2 Å². The zero-order chi connectivity index (χ0) is 24.2. The number of carbonyl (C=O) groups is 1. The summed E-state index contributed by atoms with van der Waals surface area (Å²) in [7, 11) is 1.51. The van der Waals surface area contributed by atoms with Gasteiger partial charge in [0.2, 0.25) is 0 Å². The summed E-state index contributed by atoms with van der Waals surface area (Å²) in [6.45, 7) is 6.49. The van der Waals surface area contributed by atoms with Gasteiger partial charge in [0, 0.05) is 5.56 Å². The zero-order valence-electron chi connectivity index (χ0n) is 19.6. The van der Waals surface area contributed by atoms with Crippen LogP contribution in [0.25, 0.3) is 16.8 Å².